The van der Waals surface area contributed by atoms with Crippen LogP contribution >= 0.6 is 36.7 Å². The molecule has 0 spiro atoms. The zero-order valence-corrected chi connectivity index (χ0v) is 8.49. The SMILES string of the molecule is [N-]=C=S.[N-]=C=S.[N-]=C=S.[Rh+3]. The third-order valence-electron chi connectivity index (χ3n) is 0. The normalized spacial score (nSPS) is 2.40. The molecule has 0 bridgehead atoms. The molecule has 0 aliphatic rings. The van der Waals surface area contributed by atoms with E-state index in [9.17, 15) is 0 Å². The van der Waals surface area contributed by atoms with Crippen molar-refractivity contribution < 1.29 is 19.5 Å². The van der Waals surface area contributed by atoms with Crippen LogP contribution in [0, 0.1) is 0 Å². The van der Waals surface area contributed by atoms with Gasteiger partial charge in [0.1, 0.15) is 0 Å². The molecule has 0 atom stereocenters. The Labute approximate surface area is 87.5 Å². The van der Waals surface area contributed by atoms with E-state index >= 15 is 0 Å². The Morgan fingerprint density at radius 3 is 0.700 bits per heavy atom. The second-order valence-electron chi connectivity index (χ2n) is 0.274. The quantitative estimate of drug-likeness (QED) is 0.386. The number of hydrogen-bond acceptors (Lipinski definition) is 3. The molecule has 0 aromatic rings. The van der Waals surface area contributed by atoms with Gasteiger partial charge in [0.05, 0.1) is 0 Å². The molecule has 0 aromatic heterocycles. The maximum Gasteiger partial charge on any atom is 3.00 e. The maximum absolute atomic E-state index is 7.13. The zero-order chi connectivity index (χ0) is 8.12. The van der Waals surface area contributed by atoms with Gasteiger partial charge in [-0.15, -0.1) is 0 Å². The van der Waals surface area contributed by atoms with Crippen molar-refractivity contribution in [2.24, 2.45) is 0 Å². The molecule has 3 nitrogen and oxygen atoms in total. The van der Waals surface area contributed by atoms with Gasteiger partial charge in [0.2, 0.25) is 0 Å². The van der Waals surface area contributed by atoms with Crippen LogP contribution in [0.4, 0.5) is 0 Å². The zero-order valence-electron chi connectivity index (χ0n) is 4.40. The van der Waals surface area contributed by atoms with Gasteiger partial charge in [0, 0.05) is 0 Å². The molecule has 0 radical (unpaired) electrons. The number of rotatable bonds is 0. The molecule has 0 saturated heterocycles. The summed E-state index contributed by atoms with van der Waals surface area (Å²) in [5, 5.41) is 25.4. The van der Waals surface area contributed by atoms with Gasteiger partial charge in [-0.2, -0.15) is 15.5 Å². The molecule has 10 heavy (non-hydrogen) atoms. The second-order valence-corrected chi connectivity index (χ2v) is 0.822. The predicted molar refractivity (Wildman–Crippen MR) is 47.9 cm³/mol. The fraction of sp³-hybridized carbons (Fsp3) is 0. The molecule has 0 fully saturated rings. The Morgan fingerprint density at radius 2 is 0.700 bits per heavy atom. The van der Waals surface area contributed by atoms with E-state index in [1.807, 2.05) is 0 Å². The van der Waals surface area contributed by atoms with Gasteiger partial charge in [-0.25, -0.2) is 0 Å². The Balaban J connectivity index is -0.0000000257. The minimum absolute atomic E-state index is 0. The van der Waals surface area contributed by atoms with E-state index in [2.05, 4.69) is 36.7 Å². The van der Waals surface area contributed by atoms with E-state index in [0.717, 1.165) is 0 Å². The average Bonchev–Trinajstić information content (AvgIpc) is 1.70. The standard InChI is InChI=1S/3CNS.Rh/c3*2-1-3;/q3*-1;+3. The average molecular weight is 277 g/mol. The Hall–Kier alpha value is 0.0234. The fourth-order valence-electron chi connectivity index (χ4n) is 0. The van der Waals surface area contributed by atoms with Crippen LogP contribution in [0.5, 0.6) is 0 Å². The van der Waals surface area contributed by atoms with Gasteiger partial charge >= 0.3 is 19.5 Å². The summed E-state index contributed by atoms with van der Waals surface area (Å²) in [4.78, 5) is 0. The van der Waals surface area contributed by atoms with Crippen molar-refractivity contribution in [1.82, 2.24) is 0 Å². The Bertz CT molecular complexity index is 111. The van der Waals surface area contributed by atoms with E-state index in [-0.39, 0.29) is 19.5 Å². The van der Waals surface area contributed by atoms with Crippen LogP contribution in [0.3, 0.4) is 0 Å². The third kappa shape index (κ3) is 724000. The summed E-state index contributed by atoms with van der Waals surface area (Å²) in [6.07, 6.45) is 0. The predicted octanol–water partition coefficient (Wildman–Crippen LogP) is 1.97. The molecule has 0 aromatic carbocycles. The van der Waals surface area contributed by atoms with Crippen LogP contribution in [0.15, 0.2) is 0 Å². The van der Waals surface area contributed by atoms with Crippen LogP contribution in [0.1, 0.15) is 0 Å². The van der Waals surface area contributed by atoms with Gasteiger partial charge in [0.25, 0.3) is 0 Å². The van der Waals surface area contributed by atoms with Crippen LogP contribution in [0.2, 0.25) is 0 Å². The molecular weight excluding hydrogens is 277 g/mol. The fourth-order valence-corrected chi connectivity index (χ4v) is 0. The van der Waals surface area contributed by atoms with Gasteiger partial charge in [-0.1, -0.05) is 36.7 Å². The summed E-state index contributed by atoms with van der Waals surface area (Å²) >= 11 is 11.1. The first-order valence-corrected chi connectivity index (χ1v) is 2.51. The van der Waals surface area contributed by atoms with Gasteiger partial charge in [-0.05, 0) is 0 Å². The monoisotopic (exact) mass is 277 g/mol. The molecule has 54 valence electrons. The van der Waals surface area contributed by atoms with Crippen molar-refractivity contribution in [2.75, 3.05) is 0 Å². The van der Waals surface area contributed by atoms with Gasteiger partial charge < -0.3 is 16.2 Å². The van der Waals surface area contributed by atoms with Crippen molar-refractivity contribution in [1.29, 1.82) is 0 Å². The summed E-state index contributed by atoms with van der Waals surface area (Å²) < 4.78 is 0. The van der Waals surface area contributed by atoms with Crippen molar-refractivity contribution >= 4 is 52.1 Å². The largest absolute Gasteiger partial charge is 3.00 e. The topological polar surface area (TPSA) is 66.9 Å². The number of nitrogens with zero attached hydrogens (tertiary/aromatic N) is 3. The number of hydrogen-bond donors (Lipinski definition) is 0. The smallest absolute Gasteiger partial charge is 0.753 e. The molecule has 0 aliphatic carbocycles. The number of thiocarbonyl (C=S) groups is 3. The number of isothiocyanates is 3. The Morgan fingerprint density at radius 1 is 0.700 bits per heavy atom. The molecular formula is C3N3RhS3. The summed E-state index contributed by atoms with van der Waals surface area (Å²) in [7, 11) is 0. The first-order valence-electron chi connectivity index (χ1n) is 1.28. The minimum atomic E-state index is 0. The van der Waals surface area contributed by atoms with E-state index in [1.165, 1.54) is 15.5 Å². The molecule has 0 amide bonds. The van der Waals surface area contributed by atoms with Crippen LogP contribution in [-0.2, 0) is 19.5 Å². The first-order chi connectivity index (χ1) is 4.24. The van der Waals surface area contributed by atoms with E-state index in [4.69, 9.17) is 16.2 Å². The maximum atomic E-state index is 7.13. The van der Waals surface area contributed by atoms with Crippen molar-refractivity contribution in [3.05, 3.63) is 16.2 Å². The Kier molecular flexibility index (Phi) is 143. The molecule has 0 heterocycles. The molecule has 0 rings (SSSR count). The van der Waals surface area contributed by atoms with E-state index in [0.29, 0.717) is 0 Å². The summed E-state index contributed by atoms with van der Waals surface area (Å²) in [6.45, 7) is 0. The van der Waals surface area contributed by atoms with Crippen molar-refractivity contribution in [2.45, 2.75) is 0 Å². The van der Waals surface area contributed by atoms with Crippen LogP contribution < -0.4 is 0 Å². The molecule has 0 saturated carbocycles. The second kappa shape index (κ2) is 63.5. The van der Waals surface area contributed by atoms with Crippen molar-refractivity contribution in [3.8, 4) is 0 Å². The van der Waals surface area contributed by atoms with Gasteiger partial charge in [-0.3, -0.25) is 0 Å². The third-order valence-corrected chi connectivity index (χ3v) is 0. The summed E-state index contributed by atoms with van der Waals surface area (Å²) in [6, 6.07) is 0. The first kappa shape index (κ1) is 22.5. The summed E-state index contributed by atoms with van der Waals surface area (Å²) in [5.41, 5.74) is 0. The minimum Gasteiger partial charge on any atom is -0.753 e. The van der Waals surface area contributed by atoms with Crippen LogP contribution in [-0.4, -0.2) is 15.5 Å². The summed E-state index contributed by atoms with van der Waals surface area (Å²) in [5.74, 6) is 0. The van der Waals surface area contributed by atoms with E-state index < -0.39 is 0 Å². The molecule has 0 unspecified atom stereocenters. The molecule has 7 heteroatoms. The van der Waals surface area contributed by atoms with Crippen LogP contribution in [0.25, 0.3) is 16.2 Å². The van der Waals surface area contributed by atoms with Crippen molar-refractivity contribution in [3.63, 3.8) is 0 Å². The van der Waals surface area contributed by atoms with Gasteiger partial charge in [0.15, 0.2) is 0 Å². The molecule has 0 aliphatic heterocycles. The van der Waals surface area contributed by atoms with E-state index in [1.54, 1.807) is 0 Å². The molecule has 0 N–H and O–H groups in total.